The van der Waals surface area contributed by atoms with Crippen molar-refractivity contribution in [3.8, 4) is 5.75 Å². The summed E-state index contributed by atoms with van der Waals surface area (Å²) in [5, 5.41) is 8.87. The summed E-state index contributed by atoms with van der Waals surface area (Å²) in [5.74, 6) is -2.75. The Morgan fingerprint density at radius 1 is 1.15 bits per heavy atom. The summed E-state index contributed by atoms with van der Waals surface area (Å²) in [5.41, 5.74) is -0.0420. The van der Waals surface area contributed by atoms with Gasteiger partial charge in [0.25, 0.3) is 11.8 Å². The van der Waals surface area contributed by atoms with Crippen LogP contribution in [0, 0.1) is 0 Å². The second kappa shape index (κ2) is 8.38. The van der Waals surface area contributed by atoms with E-state index in [4.69, 9.17) is 9.84 Å². The number of nitrogens with one attached hydrogen (secondary N) is 1. The molecule has 10 heteroatoms. The molecular weight excluding hydrogens is 376 g/mol. The quantitative estimate of drug-likeness (QED) is 0.453. The lowest BCUT2D eigenvalue weighted by Crippen LogP contribution is -2.34. The van der Waals surface area contributed by atoms with Gasteiger partial charge in [0, 0.05) is 0 Å². The number of ether oxygens (including phenoxy) is 1. The fraction of sp³-hybridized carbons (Fsp3) is 0.471. The first kappa shape index (κ1) is 20.7. The van der Waals surface area contributed by atoms with E-state index in [2.05, 4.69) is 11.6 Å². The van der Waals surface area contributed by atoms with Crippen LogP contribution in [0.2, 0.25) is 0 Å². The Kier molecular flexibility index (Phi) is 6.42. The minimum atomic E-state index is -3.65. The molecule has 2 amide bonds. The summed E-state index contributed by atoms with van der Waals surface area (Å²) in [6.07, 6.45) is 4.74. The molecular formula is C17H22N2O7S. The predicted octanol–water partition coefficient (Wildman–Crippen LogP) is 1.70. The smallest absolute Gasteiger partial charge is 0.323 e. The maximum atomic E-state index is 12.4. The Morgan fingerprint density at radius 3 is 2.33 bits per heavy atom. The van der Waals surface area contributed by atoms with Crippen molar-refractivity contribution in [1.29, 1.82) is 0 Å². The number of hydrogen-bond donors (Lipinski definition) is 2. The molecule has 1 aliphatic heterocycles. The molecule has 2 N–H and O–H groups in total. The monoisotopic (exact) mass is 398 g/mol. The third-order valence-electron chi connectivity index (χ3n) is 3.92. The van der Waals surface area contributed by atoms with Crippen molar-refractivity contribution in [2.75, 3.05) is 24.1 Å². The second-order valence-corrected chi connectivity index (χ2v) is 8.02. The normalized spacial score (nSPS) is 13.6. The molecule has 9 nitrogen and oxygen atoms in total. The van der Waals surface area contributed by atoms with Crippen molar-refractivity contribution in [3.05, 3.63) is 23.3 Å². The van der Waals surface area contributed by atoms with Crippen LogP contribution < -0.4 is 9.46 Å². The summed E-state index contributed by atoms with van der Waals surface area (Å²) in [6, 6.07) is 2.49. The molecule has 27 heavy (non-hydrogen) atoms. The number of imide groups is 1. The summed E-state index contributed by atoms with van der Waals surface area (Å²) >= 11 is 0. The van der Waals surface area contributed by atoms with Crippen LogP contribution in [0.4, 0.5) is 5.69 Å². The number of hydrogen-bond acceptors (Lipinski definition) is 6. The van der Waals surface area contributed by atoms with Gasteiger partial charge in [0.1, 0.15) is 12.3 Å². The van der Waals surface area contributed by atoms with Crippen molar-refractivity contribution in [1.82, 2.24) is 4.90 Å². The first-order valence-electron chi connectivity index (χ1n) is 8.50. The van der Waals surface area contributed by atoms with Gasteiger partial charge in [-0.15, -0.1) is 0 Å². The van der Waals surface area contributed by atoms with E-state index in [0.717, 1.165) is 31.9 Å². The number of benzene rings is 1. The Morgan fingerprint density at radius 2 is 1.78 bits per heavy atom. The Balaban J connectivity index is 2.34. The molecule has 1 aromatic carbocycles. The van der Waals surface area contributed by atoms with Crippen molar-refractivity contribution < 1.29 is 32.6 Å². The van der Waals surface area contributed by atoms with E-state index in [1.54, 1.807) is 0 Å². The van der Waals surface area contributed by atoms with Crippen LogP contribution in [0.1, 0.15) is 53.3 Å². The van der Waals surface area contributed by atoms with E-state index in [0.29, 0.717) is 11.5 Å². The minimum absolute atomic E-state index is 0.0103. The van der Waals surface area contributed by atoms with Gasteiger partial charge in [-0.25, -0.2) is 8.42 Å². The molecule has 2 rings (SSSR count). The lowest BCUT2D eigenvalue weighted by Gasteiger charge is -2.13. The lowest BCUT2D eigenvalue weighted by atomic mass is 10.1. The molecule has 148 valence electrons. The Bertz CT molecular complexity index is 864. The van der Waals surface area contributed by atoms with E-state index in [-0.39, 0.29) is 22.6 Å². The van der Waals surface area contributed by atoms with Gasteiger partial charge in [-0.2, -0.15) is 0 Å². The van der Waals surface area contributed by atoms with E-state index >= 15 is 0 Å². The number of unbranched alkanes of at least 4 members (excludes halogenated alkanes) is 3. The zero-order valence-electron chi connectivity index (χ0n) is 15.1. The van der Waals surface area contributed by atoms with Gasteiger partial charge in [-0.3, -0.25) is 24.0 Å². The number of carboxylic acids is 1. The third-order valence-corrected chi connectivity index (χ3v) is 4.51. The van der Waals surface area contributed by atoms with Crippen LogP contribution in [-0.2, 0) is 14.8 Å². The number of sulfonamides is 1. The van der Waals surface area contributed by atoms with Gasteiger partial charge in [-0.1, -0.05) is 26.2 Å². The summed E-state index contributed by atoms with van der Waals surface area (Å²) in [7, 11) is -3.65. The Labute approximate surface area is 157 Å². The van der Waals surface area contributed by atoms with Gasteiger partial charge in [0.2, 0.25) is 10.0 Å². The standard InChI is InChI=1S/C17H22N2O7S/c1-3-4-5-6-7-26-14-9-12-11(8-13(14)18-27(2,24)25)16(22)19(17(12)23)10-15(20)21/h8-9,18H,3-7,10H2,1-2H3,(H,20,21). The van der Waals surface area contributed by atoms with Gasteiger partial charge < -0.3 is 9.84 Å². The summed E-state index contributed by atoms with van der Waals surface area (Å²) in [6.45, 7) is 1.62. The Hall–Kier alpha value is -2.62. The number of nitrogens with zero attached hydrogens (tertiary/aromatic N) is 1. The third kappa shape index (κ3) is 5.19. The molecule has 0 unspecified atom stereocenters. The summed E-state index contributed by atoms with van der Waals surface area (Å²) in [4.78, 5) is 36.2. The number of fused-ring (bicyclic) bond motifs is 1. The highest BCUT2D eigenvalue weighted by molar-refractivity contribution is 7.92. The van der Waals surface area contributed by atoms with Gasteiger partial charge in [-0.05, 0) is 18.6 Å². The summed E-state index contributed by atoms with van der Waals surface area (Å²) < 4.78 is 31.1. The predicted molar refractivity (Wildman–Crippen MR) is 97.5 cm³/mol. The number of carbonyl (C=O) groups is 3. The van der Waals surface area contributed by atoms with Gasteiger partial charge in [0.15, 0.2) is 0 Å². The fourth-order valence-corrected chi connectivity index (χ4v) is 3.26. The number of anilines is 1. The van der Waals surface area contributed by atoms with Crippen LogP contribution in [0.5, 0.6) is 5.75 Å². The highest BCUT2D eigenvalue weighted by Crippen LogP contribution is 2.34. The lowest BCUT2D eigenvalue weighted by molar-refractivity contribution is -0.137. The van der Waals surface area contributed by atoms with Gasteiger partial charge in [0.05, 0.1) is 29.7 Å². The molecule has 0 spiro atoms. The van der Waals surface area contributed by atoms with Crippen molar-refractivity contribution >= 4 is 33.5 Å². The molecule has 0 aliphatic carbocycles. The zero-order valence-corrected chi connectivity index (χ0v) is 16.0. The van der Waals surface area contributed by atoms with Gasteiger partial charge >= 0.3 is 5.97 Å². The SMILES string of the molecule is CCCCCCOc1cc2c(cc1NS(C)(=O)=O)C(=O)N(CC(=O)O)C2=O. The van der Waals surface area contributed by atoms with Crippen molar-refractivity contribution in [2.45, 2.75) is 32.6 Å². The van der Waals surface area contributed by atoms with Crippen molar-refractivity contribution in [3.63, 3.8) is 0 Å². The molecule has 0 saturated heterocycles. The van der Waals surface area contributed by atoms with Crippen LogP contribution in [0.3, 0.4) is 0 Å². The first-order chi connectivity index (χ1) is 12.6. The average molecular weight is 398 g/mol. The number of carbonyl (C=O) groups excluding carboxylic acids is 2. The molecule has 1 heterocycles. The zero-order chi connectivity index (χ0) is 20.2. The molecule has 1 aliphatic rings. The molecule has 0 bridgehead atoms. The second-order valence-electron chi connectivity index (χ2n) is 6.27. The largest absolute Gasteiger partial charge is 0.491 e. The van der Waals surface area contributed by atoms with Crippen molar-refractivity contribution in [2.24, 2.45) is 0 Å². The highest BCUT2D eigenvalue weighted by Gasteiger charge is 2.38. The van der Waals surface area contributed by atoms with E-state index in [1.165, 1.54) is 12.1 Å². The molecule has 1 aromatic rings. The average Bonchev–Trinajstić information content (AvgIpc) is 2.77. The van der Waals surface area contributed by atoms with Crippen LogP contribution in [0.25, 0.3) is 0 Å². The first-order valence-corrected chi connectivity index (χ1v) is 10.4. The van der Waals surface area contributed by atoms with Crippen LogP contribution >= 0.6 is 0 Å². The number of amides is 2. The number of carboxylic acid groups (broad SMARTS) is 1. The minimum Gasteiger partial charge on any atom is -0.491 e. The maximum Gasteiger partial charge on any atom is 0.323 e. The molecule has 0 radical (unpaired) electrons. The van der Waals surface area contributed by atoms with E-state index < -0.39 is 34.4 Å². The molecule has 0 saturated carbocycles. The number of aliphatic carboxylic acids is 1. The van der Waals surface area contributed by atoms with E-state index in [9.17, 15) is 22.8 Å². The van der Waals surface area contributed by atoms with Crippen LogP contribution in [-0.4, -0.2) is 55.6 Å². The molecule has 0 atom stereocenters. The van der Waals surface area contributed by atoms with Crippen LogP contribution in [0.15, 0.2) is 12.1 Å². The topological polar surface area (TPSA) is 130 Å². The van der Waals surface area contributed by atoms with E-state index in [1.807, 2.05) is 0 Å². The maximum absolute atomic E-state index is 12.4. The highest BCUT2D eigenvalue weighted by atomic mass is 32.2. The molecule has 0 aromatic heterocycles. The molecule has 0 fully saturated rings. The fourth-order valence-electron chi connectivity index (χ4n) is 2.71. The number of rotatable bonds is 10.